The molecule has 0 aliphatic carbocycles. The Kier molecular flexibility index (Phi) is 2.87. The molecule has 0 bridgehead atoms. The van der Waals surface area contributed by atoms with Gasteiger partial charge < -0.3 is 9.47 Å². The van der Waals surface area contributed by atoms with E-state index in [4.69, 9.17) is 0 Å². The summed E-state index contributed by atoms with van der Waals surface area (Å²) in [5, 5.41) is 0. The third-order valence-electron chi connectivity index (χ3n) is 2.97. The summed E-state index contributed by atoms with van der Waals surface area (Å²) < 4.78 is 2.74. The fourth-order valence-electron chi connectivity index (χ4n) is 2.04. The number of amides is 1. The van der Waals surface area contributed by atoms with Gasteiger partial charge in [0.2, 0.25) is 0 Å². The SMILES string of the molecule is O=C(c1cccc(Br)n1)N1CCn2ccnc2C1. The predicted molar refractivity (Wildman–Crippen MR) is 68.9 cm³/mol. The lowest BCUT2D eigenvalue weighted by atomic mass is 10.3. The molecule has 3 heterocycles. The highest BCUT2D eigenvalue weighted by Crippen LogP contribution is 2.14. The first kappa shape index (κ1) is 11.4. The normalized spacial score (nSPS) is 14.4. The number of hydrogen-bond donors (Lipinski definition) is 0. The summed E-state index contributed by atoms with van der Waals surface area (Å²) in [6, 6.07) is 5.35. The zero-order valence-electron chi connectivity index (χ0n) is 9.58. The maximum atomic E-state index is 12.3. The van der Waals surface area contributed by atoms with Crippen molar-refractivity contribution in [3.8, 4) is 0 Å². The largest absolute Gasteiger partial charge is 0.332 e. The molecule has 0 saturated carbocycles. The van der Waals surface area contributed by atoms with E-state index in [1.807, 2.05) is 12.3 Å². The van der Waals surface area contributed by atoms with Gasteiger partial charge >= 0.3 is 0 Å². The lowest BCUT2D eigenvalue weighted by molar-refractivity contribution is 0.0701. The van der Waals surface area contributed by atoms with Gasteiger partial charge in [0.1, 0.15) is 16.1 Å². The van der Waals surface area contributed by atoms with Gasteiger partial charge in [-0.1, -0.05) is 6.07 Å². The fraction of sp³-hybridized carbons (Fsp3) is 0.250. The van der Waals surface area contributed by atoms with Gasteiger partial charge in [0, 0.05) is 25.5 Å². The number of carbonyl (C=O) groups excluding carboxylic acids is 1. The van der Waals surface area contributed by atoms with Gasteiger partial charge in [0.15, 0.2) is 0 Å². The summed E-state index contributed by atoms with van der Waals surface area (Å²) in [6.45, 7) is 2.02. The van der Waals surface area contributed by atoms with Gasteiger partial charge in [0.05, 0.1) is 6.54 Å². The quantitative estimate of drug-likeness (QED) is 0.754. The van der Waals surface area contributed by atoms with Gasteiger partial charge in [-0.25, -0.2) is 9.97 Å². The molecule has 0 radical (unpaired) electrons. The zero-order chi connectivity index (χ0) is 12.5. The minimum absolute atomic E-state index is 0.0504. The van der Waals surface area contributed by atoms with E-state index in [0.717, 1.165) is 12.4 Å². The van der Waals surface area contributed by atoms with E-state index < -0.39 is 0 Å². The minimum Gasteiger partial charge on any atom is -0.332 e. The van der Waals surface area contributed by atoms with Crippen LogP contribution in [-0.2, 0) is 13.1 Å². The number of aromatic nitrogens is 3. The molecule has 0 atom stereocenters. The lowest BCUT2D eigenvalue weighted by Crippen LogP contribution is -2.38. The number of fused-ring (bicyclic) bond motifs is 1. The highest BCUT2D eigenvalue weighted by atomic mass is 79.9. The van der Waals surface area contributed by atoms with E-state index in [-0.39, 0.29) is 5.91 Å². The van der Waals surface area contributed by atoms with Crippen LogP contribution in [-0.4, -0.2) is 31.9 Å². The molecule has 0 spiro atoms. The van der Waals surface area contributed by atoms with Crippen molar-refractivity contribution in [2.24, 2.45) is 0 Å². The molecule has 18 heavy (non-hydrogen) atoms. The second-order valence-corrected chi connectivity index (χ2v) is 4.92. The summed E-state index contributed by atoms with van der Waals surface area (Å²) in [5.74, 6) is 0.871. The number of imidazole rings is 1. The fourth-order valence-corrected chi connectivity index (χ4v) is 2.38. The Morgan fingerprint density at radius 1 is 1.33 bits per heavy atom. The van der Waals surface area contributed by atoms with Crippen molar-refractivity contribution < 1.29 is 4.79 Å². The molecule has 0 aromatic carbocycles. The van der Waals surface area contributed by atoms with Crippen LogP contribution in [0.25, 0.3) is 0 Å². The first-order valence-electron chi connectivity index (χ1n) is 5.66. The maximum Gasteiger partial charge on any atom is 0.272 e. The van der Waals surface area contributed by atoms with E-state index in [1.165, 1.54) is 0 Å². The van der Waals surface area contributed by atoms with Crippen LogP contribution in [0.2, 0.25) is 0 Å². The number of carbonyl (C=O) groups is 1. The number of halogens is 1. The minimum atomic E-state index is -0.0504. The van der Waals surface area contributed by atoms with Crippen molar-refractivity contribution >= 4 is 21.8 Å². The molecule has 92 valence electrons. The summed E-state index contributed by atoms with van der Waals surface area (Å²) in [4.78, 5) is 22.5. The van der Waals surface area contributed by atoms with Crippen molar-refractivity contribution in [2.45, 2.75) is 13.1 Å². The lowest BCUT2D eigenvalue weighted by Gasteiger charge is -2.27. The van der Waals surface area contributed by atoms with Gasteiger partial charge in [-0.15, -0.1) is 0 Å². The Morgan fingerprint density at radius 2 is 2.22 bits per heavy atom. The molecule has 2 aromatic heterocycles. The average Bonchev–Trinajstić information content (AvgIpc) is 2.85. The molecule has 6 heteroatoms. The molecule has 1 aliphatic rings. The first-order chi connectivity index (χ1) is 8.74. The van der Waals surface area contributed by atoms with E-state index in [2.05, 4.69) is 30.5 Å². The molecule has 2 aromatic rings. The summed E-state index contributed by atoms with van der Waals surface area (Å²) in [5.41, 5.74) is 0.462. The van der Waals surface area contributed by atoms with Gasteiger partial charge in [-0.3, -0.25) is 4.79 Å². The number of pyridine rings is 1. The standard InChI is InChI=1S/C12H11BrN4O/c13-10-3-1-2-9(15-10)12(18)17-7-6-16-5-4-14-11(16)8-17/h1-5H,6-8H2. The van der Waals surface area contributed by atoms with Crippen LogP contribution in [0, 0.1) is 0 Å². The van der Waals surface area contributed by atoms with E-state index in [9.17, 15) is 4.79 Å². The van der Waals surface area contributed by atoms with Crippen molar-refractivity contribution in [1.82, 2.24) is 19.4 Å². The second kappa shape index (κ2) is 4.53. The van der Waals surface area contributed by atoms with E-state index >= 15 is 0 Å². The van der Waals surface area contributed by atoms with Crippen LogP contribution in [0.15, 0.2) is 35.2 Å². The van der Waals surface area contributed by atoms with Crippen LogP contribution in [0.3, 0.4) is 0 Å². The van der Waals surface area contributed by atoms with Crippen LogP contribution in [0.1, 0.15) is 16.3 Å². The molecular weight excluding hydrogens is 296 g/mol. The Balaban J connectivity index is 1.83. The molecular formula is C12H11BrN4O. The molecule has 1 aliphatic heterocycles. The number of hydrogen-bond acceptors (Lipinski definition) is 3. The topological polar surface area (TPSA) is 51.0 Å². The van der Waals surface area contributed by atoms with Gasteiger partial charge in [-0.05, 0) is 28.1 Å². The maximum absolute atomic E-state index is 12.3. The van der Waals surface area contributed by atoms with Crippen molar-refractivity contribution in [2.75, 3.05) is 6.54 Å². The molecule has 5 nitrogen and oxygen atoms in total. The number of rotatable bonds is 1. The zero-order valence-corrected chi connectivity index (χ0v) is 11.2. The molecule has 0 unspecified atom stereocenters. The molecule has 1 amide bonds. The highest BCUT2D eigenvalue weighted by molar-refractivity contribution is 9.10. The second-order valence-electron chi connectivity index (χ2n) is 4.11. The summed E-state index contributed by atoms with van der Waals surface area (Å²) >= 11 is 3.28. The smallest absolute Gasteiger partial charge is 0.272 e. The number of nitrogens with zero attached hydrogens (tertiary/aromatic N) is 4. The monoisotopic (exact) mass is 306 g/mol. The molecule has 0 N–H and O–H groups in total. The third-order valence-corrected chi connectivity index (χ3v) is 3.41. The van der Waals surface area contributed by atoms with Crippen molar-refractivity contribution in [3.63, 3.8) is 0 Å². The van der Waals surface area contributed by atoms with Gasteiger partial charge in [0.25, 0.3) is 5.91 Å². The summed E-state index contributed by atoms with van der Waals surface area (Å²) in [6.07, 6.45) is 3.70. The Hall–Kier alpha value is -1.69. The third kappa shape index (κ3) is 2.03. The van der Waals surface area contributed by atoms with E-state index in [0.29, 0.717) is 23.4 Å². The molecule has 0 fully saturated rings. The van der Waals surface area contributed by atoms with Crippen molar-refractivity contribution in [1.29, 1.82) is 0 Å². The Morgan fingerprint density at radius 3 is 3.06 bits per heavy atom. The van der Waals surface area contributed by atoms with E-state index in [1.54, 1.807) is 23.2 Å². The summed E-state index contributed by atoms with van der Waals surface area (Å²) in [7, 11) is 0. The van der Waals surface area contributed by atoms with Gasteiger partial charge in [-0.2, -0.15) is 0 Å². The van der Waals surface area contributed by atoms with Crippen LogP contribution < -0.4 is 0 Å². The first-order valence-corrected chi connectivity index (χ1v) is 6.45. The van der Waals surface area contributed by atoms with Crippen molar-refractivity contribution in [3.05, 3.63) is 46.7 Å². The highest BCUT2D eigenvalue weighted by Gasteiger charge is 2.22. The predicted octanol–water partition coefficient (Wildman–Crippen LogP) is 1.70. The van der Waals surface area contributed by atoms with Crippen LogP contribution in [0.4, 0.5) is 0 Å². The Bertz CT molecular complexity index is 595. The molecule has 3 rings (SSSR count). The molecule has 0 saturated heterocycles. The van der Waals surface area contributed by atoms with Crippen LogP contribution in [0.5, 0.6) is 0 Å². The average molecular weight is 307 g/mol. The Labute approximate surface area is 113 Å². The van der Waals surface area contributed by atoms with Crippen LogP contribution >= 0.6 is 15.9 Å².